The summed E-state index contributed by atoms with van der Waals surface area (Å²) in [6.45, 7) is 0.761. The summed E-state index contributed by atoms with van der Waals surface area (Å²) in [4.78, 5) is 11.9. The topological polar surface area (TPSA) is 49.2 Å². The van der Waals surface area contributed by atoms with E-state index in [9.17, 15) is 5.11 Å². The Morgan fingerprint density at radius 3 is 2.74 bits per heavy atom. The molecule has 0 atom stereocenters. The molecule has 0 radical (unpaired) electrons. The molecule has 0 amide bonds. The minimum absolute atomic E-state index is 0.141. The van der Waals surface area contributed by atoms with Gasteiger partial charge in [-0.15, -0.1) is 0 Å². The summed E-state index contributed by atoms with van der Waals surface area (Å²) >= 11 is 1.65. The molecular formula is C18H19N3OS. The minimum Gasteiger partial charge on any atom is -0.395 e. The second kappa shape index (κ2) is 6.26. The van der Waals surface area contributed by atoms with Gasteiger partial charge >= 0.3 is 0 Å². The molecule has 2 heterocycles. The number of aromatic nitrogens is 2. The third-order valence-corrected chi connectivity index (χ3v) is 5.17. The zero-order valence-electron chi connectivity index (χ0n) is 12.9. The van der Waals surface area contributed by atoms with E-state index in [1.807, 2.05) is 23.6 Å². The van der Waals surface area contributed by atoms with E-state index in [1.54, 1.807) is 11.3 Å². The zero-order chi connectivity index (χ0) is 15.6. The summed E-state index contributed by atoms with van der Waals surface area (Å²) in [6, 6.07) is 10.7. The molecule has 23 heavy (non-hydrogen) atoms. The minimum atomic E-state index is 0.141. The van der Waals surface area contributed by atoms with Gasteiger partial charge in [-0.2, -0.15) is 11.3 Å². The molecule has 2 aromatic heterocycles. The normalized spacial score (nSPS) is 14.8. The number of anilines is 1. The van der Waals surface area contributed by atoms with Crippen LogP contribution in [-0.2, 0) is 0 Å². The van der Waals surface area contributed by atoms with E-state index in [0.717, 1.165) is 28.1 Å². The largest absolute Gasteiger partial charge is 0.395 e. The number of thiophene rings is 1. The van der Waals surface area contributed by atoms with E-state index < -0.39 is 0 Å². The molecule has 4 rings (SSSR count). The summed E-state index contributed by atoms with van der Waals surface area (Å²) in [6.07, 6.45) is 3.60. The molecule has 0 saturated heterocycles. The molecule has 0 aliphatic heterocycles. The summed E-state index contributed by atoms with van der Waals surface area (Å²) in [5, 5.41) is 14.7. The molecule has 0 unspecified atom stereocenters. The van der Waals surface area contributed by atoms with Gasteiger partial charge in [0.2, 0.25) is 0 Å². The standard InChI is InChI=1S/C18H19N3OS/c22-10-9-21(14-4-3-5-14)18-15-6-1-2-7-16(15)19-17(20-18)13-8-11-23-12-13/h1-2,6-8,11-12,14,22H,3-5,9-10H2. The fourth-order valence-corrected chi connectivity index (χ4v) is 3.70. The molecule has 1 aliphatic rings. The van der Waals surface area contributed by atoms with Crippen LogP contribution >= 0.6 is 11.3 Å². The predicted molar refractivity (Wildman–Crippen MR) is 94.9 cm³/mol. The Labute approximate surface area is 139 Å². The summed E-state index contributed by atoms with van der Waals surface area (Å²) < 4.78 is 0. The van der Waals surface area contributed by atoms with E-state index in [1.165, 1.54) is 19.3 Å². The van der Waals surface area contributed by atoms with Crippen LogP contribution in [0.15, 0.2) is 41.1 Å². The van der Waals surface area contributed by atoms with Gasteiger partial charge in [0.25, 0.3) is 0 Å². The highest BCUT2D eigenvalue weighted by Crippen LogP contribution is 2.34. The van der Waals surface area contributed by atoms with E-state index in [0.29, 0.717) is 12.6 Å². The molecule has 0 spiro atoms. The lowest BCUT2D eigenvalue weighted by Crippen LogP contribution is -2.42. The van der Waals surface area contributed by atoms with Crippen molar-refractivity contribution >= 4 is 28.1 Å². The molecule has 1 saturated carbocycles. The lowest BCUT2D eigenvalue weighted by Gasteiger charge is -2.38. The number of benzene rings is 1. The van der Waals surface area contributed by atoms with Gasteiger partial charge in [-0.05, 0) is 42.8 Å². The van der Waals surface area contributed by atoms with Crippen molar-refractivity contribution in [3.05, 3.63) is 41.1 Å². The Hall–Kier alpha value is -1.98. The SMILES string of the molecule is OCCN(c1nc(-c2ccsc2)nc2ccccc12)C1CCC1. The van der Waals surface area contributed by atoms with Gasteiger partial charge in [0.15, 0.2) is 5.82 Å². The summed E-state index contributed by atoms with van der Waals surface area (Å²) in [5.41, 5.74) is 2.01. The van der Waals surface area contributed by atoms with Gasteiger partial charge in [-0.1, -0.05) is 12.1 Å². The molecule has 1 aliphatic carbocycles. The number of fused-ring (bicyclic) bond motifs is 1. The number of rotatable bonds is 5. The van der Waals surface area contributed by atoms with E-state index in [2.05, 4.69) is 22.4 Å². The smallest absolute Gasteiger partial charge is 0.162 e. The molecule has 118 valence electrons. The lowest BCUT2D eigenvalue weighted by molar-refractivity contribution is 0.283. The number of para-hydroxylation sites is 1. The van der Waals surface area contributed by atoms with Gasteiger partial charge in [0, 0.05) is 28.9 Å². The van der Waals surface area contributed by atoms with Gasteiger partial charge in [0.05, 0.1) is 12.1 Å². The molecule has 1 N–H and O–H groups in total. The fourth-order valence-electron chi connectivity index (χ4n) is 3.07. The van der Waals surface area contributed by atoms with Crippen molar-refractivity contribution in [2.45, 2.75) is 25.3 Å². The van der Waals surface area contributed by atoms with Gasteiger partial charge in [-0.3, -0.25) is 0 Å². The van der Waals surface area contributed by atoms with Crippen LogP contribution in [0.3, 0.4) is 0 Å². The highest BCUT2D eigenvalue weighted by molar-refractivity contribution is 7.08. The highest BCUT2D eigenvalue weighted by Gasteiger charge is 2.27. The zero-order valence-corrected chi connectivity index (χ0v) is 13.7. The first-order valence-electron chi connectivity index (χ1n) is 8.03. The molecule has 0 bridgehead atoms. The van der Waals surface area contributed by atoms with Crippen molar-refractivity contribution in [3.8, 4) is 11.4 Å². The Morgan fingerprint density at radius 2 is 2.04 bits per heavy atom. The maximum atomic E-state index is 9.51. The Balaban J connectivity index is 1.88. The van der Waals surface area contributed by atoms with Crippen LogP contribution in [0.2, 0.25) is 0 Å². The monoisotopic (exact) mass is 325 g/mol. The first-order valence-corrected chi connectivity index (χ1v) is 8.98. The van der Waals surface area contributed by atoms with Crippen molar-refractivity contribution in [2.24, 2.45) is 0 Å². The van der Waals surface area contributed by atoms with Crippen LogP contribution in [0, 0.1) is 0 Å². The second-order valence-corrected chi connectivity index (χ2v) is 6.68. The Bertz CT molecular complexity index is 799. The molecule has 1 fully saturated rings. The third-order valence-electron chi connectivity index (χ3n) is 4.49. The average Bonchev–Trinajstić information content (AvgIpc) is 3.06. The predicted octanol–water partition coefficient (Wildman–Crippen LogP) is 3.71. The number of hydrogen-bond acceptors (Lipinski definition) is 5. The van der Waals surface area contributed by atoms with Crippen LogP contribution < -0.4 is 4.90 Å². The molecular weight excluding hydrogens is 306 g/mol. The van der Waals surface area contributed by atoms with Crippen LogP contribution in [0.5, 0.6) is 0 Å². The fraction of sp³-hybridized carbons (Fsp3) is 0.333. The Morgan fingerprint density at radius 1 is 1.17 bits per heavy atom. The number of aliphatic hydroxyl groups excluding tert-OH is 1. The van der Waals surface area contributed by atoms with Crippen LogP contribution in [0.4, 0.5) is 5.82 Å². The molecule has 4 nitrogen and oxygen atoms in total. The first kappa shape index (κ1) is 14.6. The average molecular weight is 325 g/mol. The maximum Gasteiger partial charge on any atom is 0.162 e. The summed E-state index contributed by atoms with van der Waals surface area (Å²) in [5.74, 6) is 1.72. The van der Waals surface area contributed by atoms with E-state index in [-0.39, 0.29) is 6.61 Å². The maximum absolute atomic E-state index is 9.51. The Kier molecular flexibility index (Phi) is 3.97. The van der Waals surface area contributed by atoms with Crippen molar-refractivity contribution in [1.82, 2.24) is 9.97 Å². The van der Waals surface area contributed by atoms with Gasteiger partial charge < -0.3 is 10.0 Å². The van der Waals surface area contributed by atoms with Crippen molar-refractivity contribution < 1.29 is 5.11 Å². The summed E-state index contributed by atoms with van der Waals surface area (Å²) in [7, 11) is 0. The van der Waals surface area contributed by atoms with Crippen molar-refractivity contribution in [3.63, 3.8) is 0 Å². The van der Waals surface area contributed by atoms with Crippen LogP contribution in [0.25, 0.3) is 22.3 Å². The quantitative estimate of drug-likeness (QED) is 0.777. The van der Waals surface area contributed by atoms with Crippen LogP contribution in [0.1, 0.15) is 19.3 Å². The highest BCUT2D eigenvalue weighted by atomic mass is 32.1. The second-order valence-electron chi connectivity index (χ2n) is 5.90. The van der Waals surface area contributed by atoms with Crippen molar-refractivity contribution in [1.29, 1.82) is 0 Å². The number of hydrogen-bond donors (Lipinski definition) is 1. The van der Waals surface area contributed by atoms with Crippen molar-refractivity contribution in [2.75, 3.05) is 18.1 Å². The number of nitrogens with zero attached hydrogens (tertiary/aromatic N) is 3. The number of aliphatic hydroxyl groups is 1. The van der Waals surface area contributed by atoms with Gasteiger partial charge in [0.1, 0.15) is 5.82 Å². The molecule has 3 aromatic rings. The van der Waals surface area contributed by atoms with E-state index >= 15 is 0 Å². The first-order chi connectivity index (χ1) is 11.4. The van der Waals surface area contributed by atoms with Crippen LogP contribution in [-0.4, -0.2) is 34.3 Å². The third kappa shape index (κ3) is 2.71. The van der Waals surface area contributed by atoms with E-state index in [4.69, 9.17) is 9.97 Å². The molecule has 5 heteroatoms. The lowest BCUT2D eigenvalue weighted by atomic mass is 9.91. The van der Waals surface area contributed by atoms with Gasteiger partial charge in [-0.25, -0.2) is 9.97 Å². The molecule has 1 aromatic carbocycles.